The van der Waals surface area contributed by atoms with Gasteiger partial charge in [-0.15, -0.1) is 0 Å². The Bertz CT molecular complexity index is 905. The van der Waals surface area contributed by atoms with Gasteiger partial charge in [-0.25, -0.2) is 8.42 Å². The predicted octanol–water partition coefficient (Wildman–Crippen LogP) is 3.56. The Balaban J connectivity index is 1.78. The van der Waals surface area contributed by atoms with Gasteiger partial charge in [-0.3, -0.25) is 4.79 Å². The highest BCUT2D eigenvalue weighted by molar-refractivity contribution is 7.90. The molecule has 4 nitrogen and oxygen atoms in total. The highest BCUT2D eigenvalue weighted by Gasteiger charge is 2.26. The average Bonchev–Trinajstić information content (AvgIpc) is 2.60. The van der Waals surface area contributed by atoms with Crippen LogP contribution in [-0.4, -0.2) is 44.3 Å². The van der Waals surface area contributed by atoms with E-state index in [4.69, 9.17) is 0 Å². The lowest BCUT2D eigenvalue weighted by molar-refractivity contribution is 0.0684. The first-order chi connectivity index (χ1) is 12.3. The van der Waals surface area contributed by atoms with Crippen molar-refractivity contribution in [3.63, 3.8) is 0 Å². The normalized spacial score (nSPS) is 17.9. The molecule has 0 aliphatic carbocycles. The van der Waals surface area contributed by atoms with Crippen molar-refractivity contribution in [2.24, 2.45) is 5.92 Å². The number of nitrogens with zero attached hydrogens (tertiary/aromatic N) is 1. The number of piperidine rings is 1. The van der Waals surface area contributed by atoms with Crippen molar-refractivity contribution >= 4 is 15.7 Å². The number of rotatable bonds is 4. The molecule has 138 valence electrons. The smallest absolute Gasteiger partial charge is 0.253 e. The zero-order valence-electron chi connectivity index (χ0n) is 15.3. The van der Waals surface area contributed by atoms with E-state index in [1.807, 2.05) is 49.4 Å². The SMILES string of the molecule is Cc1cccc(-c2cccc(C(=O)N3CCCC(CS(C)(=O)=O)C3)c2)c1. The molecule has 1 fully saturated rings. The molecular formula is C21H25NO3S. The summed E-state index contributed by atoms with van der Waals surface area (Å²) in [5, 5.41) is 0. The third-order valence-corrected chi connectivity index (χ3v) is 5.88. The summed E-state index contributed by atoms with van der Waals surface area (Å²) >= 11 is 0. The van der Waals surface area contributed by atoms with Gasteiger partial charge in [0, 0.05) is 24.9 Å². The van der Waals surface area contributed by atoms with Crippen LogP contribution in [-0.2, 0) is 9.84 Å². The molecule has 0 saturated carbocycles. The molecule has 1 heterocycles. The van der Waals surface area contributed by atoms with Crippen LogP contribution in [0.2, 0.25) is 0 Å². The molecular weight excluding hydrogens is 346 g/mol. The van der Waals surface area contributed by atoms with Gasteiger partial charge >= 0.3 is 0 Å². The van der Waals surface area contributed by atoms with Gasteiger partial charge in [-0.1, -0.05) is 42.0 Å². The number of carbonyl (C=O) groups excluding carboxylic acids is 1. The van der Waals surface area contributed by atoms with Crippen molar-refractivity contribution in [3.05, 3.63) is 59.7 Å². The van der Waals surface area contributed by atoms with Crippen LogP contribution in [0.4, 0.5) is 0 Å². The maximum absolute atomic E-state index is 12.9. The van der Waals surface area contributed by atoms with Crippen molar-refractivity contribution in [1.29, 1.82) is 0 Å². The molecule has 1 aliphatic rings. The Hall–Kier alpha value is -2.14. The van der Waals surface area contributed by atoms with Crippen LogP contribution in [0.1, 0.15) is 28.8 Å². The third-order valence-electron chi connectivity index (χ3n) is 4.81. The number of hydrogen-bond acceptors (Lipinski definition) is 3. The lowest BCUT2D eigenvalue weighted by atomic mass is 9.98. The zero-order chi connectivity index (χ0) is 18.7. The summed E-state index contributed by atoms with van der Waals surface area (Å²) in [6, 6.07) is 15.9. The van der Waals surface area contributed by atoms with Crippen LogP contribution in [0.25, 0.3) is 11.1 Å². The second-order valence-corrected chi connectivity index (χ2v) is 9.49. The fourth-order valence-corrected chi connectivity index (χ4v) is 4.78. The summed E-state index contributed by atoms with van der Waals surface area (Å²) in [5.41, 5.74) is 3.94. The quantitative estimate of drug-likeness (QED) is 0.826. The molecule has 0 N–H and O–H groups in total. The summed E-state index contributed by atoms with van der Waals surface area (Å²) < 4.78 is 23.1. The molecule has 26 heavy (non-hydrogen) atoms. The molecule has 1 amide bonds. The Morgan fingerprint density at radius 3 is 2.50 bits per heavy atom. The first-order valence-electron chi connectivity index (χ1n) is 8.96. The fourth-order valence-electron chi connectivity index (χ4n) is 3.65. The molecule has 1 unspecified atom stereocenters. The summed E-state index contributed by atoms with van der Waals surface area (Å²) in [6.45, 7) is 3.25. The van der Waals surface area contributed by atoms with Gasteiger partial charge in [0.05, 0.1) is 5.75 Å². The molecule has 1 saturated heterocycles. The predicted molar refractivity (Wildman–Crippen MR) is 105 cm³/mol. The molecule has 5 heteroatoms. The first kappa shape index (κ1) is 18.6. The Kier molecular flexibility index (Phi) is 5.47. The number of likely N-dealkylation sites (tertiary alicyclic amines) is 1. The lowest BCUT2D eigenvalue weighted by Crippen LogP contribution is -2.41. The third kappa shape index (κ3) is 4.73. The Labute approximate surface area is 155 Å². The van der Waals surface area contributed by atoms with E-state index in [-0.39, 0.29) is 17.6 Å². The molecule has 0 spiro atoms. The average molecular weight is 372 g/mol. The van der Waals surface area contributed by atoms with Crippen molar-refractivity contribution in [2.45, 2.75) is 19.8 Å². The Morgan fingerprint density at radius 2 is 1.81 bits per heavy atom. The maximum Gasteiger partial charge on any atom is 0.253 e. The van der Waals surface area contributed by atoms with E-state index in [2.05, 4.69) is 6.07 Å². The number of sulfone groups is 1. The monoisotopic (exact) mass is 371 g/mol. The fraction of sp³-hybridized carbons (Fsp3) is 0.381. The molecule has 0 radical (unpaired) electrons. The van der Waals surface area contributed by atoms with Crippen LogP contribution < -0.4 is 0 Å². The van der Waals surface area contributed by atoms with Gasteiger partial charge in [0.2, 0.25) is 0 Å². The summed E-state index contributed by atoms with van der Waals surface area (Å²) in [7, 11) is -3.02. The summed E-state index contributed by atoms with van der Waals surface area (Å²) in [5.74, 6) is 0.167. The van der Waals surface area contributed by atoms with Crippen molar-refractivity contribution < 1.29 is 13.2 Å². The minimum absolute atomic E-state index is 0.0160. The van der Waals surface area contributed by atoms with E-state index in [9.17, 15) is 13.2 Å². The van der Waals surface area contributed by atoms with Crippen molar-refractivity contribution in [2.75, 3.05) is 25.1 Å². The highest BCUT2D eigenvalue weighted by atomic mass is 32.2. The standard InChI is InChI=1S/C21H25NO3S/c1-16-6-3-8-18(12-16)19-9-4-10-20(13-19)21(23)22-11-5-7-17(14-22)15-26(2,24)25/h3-4,6,8-10,12-13,17H,5,7,11,14-15H2,1-2H3. The van der Waals surface area contributed by atoms with E-state index >= 15 is 0 Å². The number of aryl methyl sites for hydroxylation is 1. The molecule has 1 aliphatic heterocycles. The van der Waals surface area contributed by atoms with Crippen LogP contribution in [0.15, 0.2) is 48.5 Å². The van der Waals surface area contributed by atoms with E-state index in [0.717, 1.165) is 24.0 Å². The minimum Gasteiger partial charge on any atom is -0.338 e. The molecule has 2 aromatic rings. The van der Waals surface area contributed by atoms with E-state index in [1.165, 1.54) is 11.8 Å². The second-order valence-electron chi connectivity index (χ2n) is 7.30. The number of hydrogen-bond donors (Lipinski definition) is 0. The molecule has 0 aromatic heterocycles. The summed E-state index contributed by atoms with van der Waals surface area (Å²) in [4.78, 5) is 14.7. The van der Waals surface area contributed by atoms with E-state index in [1.54, 1.807) is 4.90 Å². The Morgan fingerprint density at radius 1 is 1.12 bits per heavy atom. The summed E-state index contributed by atoms with van der Waals surface area (Å²) in [6.07, 6.45) is 2.97. The topological polar surface area (TPSA) is 54.5 Å². The molecule has 3 rings (SSSR count). The maximum atomic E-state index is 12.9. The molecule has 1 atom stereocenters. The van der Waals surface area contributed by atoms with Gasteiger partial charge in [0.15, 0.2) is 0 Å². The number of carbonyl (C=O) groups is 1. The van der Waals surface area contributed by atoms with Crippen LogP contribution in [0.3, 0.4) is 0 Å². The van der Waals surface area contributed by atoms with Gasteiger partial charge < -0.3 is 4.90 Å². The second kappa shape index (κ2) is 7.62. The number of amides is 1. The van der Waals surface area contributed by atoms with Crippen LogP contribution >= 0.6 is 0 Å². The van der Waals surface area contributed by atoms with E-state index in [0.29, 0.717) is 18.7 Å². The number of benzene rings is 2. The van der Waals surface area contributed by atoms with Crippen molar-refractivity contribution in [1.82, 2.24) is 4.90 Å². The van der Waals surface area contributed by atoms with Gasteiger partial charge in [0.25, 0.3) is 5.91 Å². The first-order valence-corrected chi connectivity index (χ1v) is 11.0. The van der Waals surface area contributed by atoms with Crippen LogP contribution in [0.5, 0.6) is 0 Å². The lowest BCUT2D eigenvalue weighted by Gasteiger charge is -2.32. The molecule has 0 bridgehead atoms. The minimum atomic E-state index is -3.02. The van der Waals surface area contributed by atoms with Gasteiger partial charge in [0.1, 0.15) is 9.84 Å². The van der Waals surface area contributed by atoms with Gasteiger partial charge in [-0.05, 0) is 48.9 Å². The highest BCUT2D eigenvalue weighted by Crippen LogP contribution is 2.24. The van der Waals surface area contributed by atoms with Gasteiger partial charge in [-0.2, -0.15) is 0 Å². The van der Waals surface area contributed by atoms with Crippen molar-refractivity contribution in [3.8, 4) is 11.1 Å². The van der Waals surface area contributed by atoms with E-state index < -0.39 is 9.84 Å². The van der Waals surface area contributed by atoms with Crippen LogP contribution in [0, 0.1) is 12.8 Å². The molecule has 2 aromatic carbocycles. The largest absolute Gasteiger partial charge is 0.338 e. The zero-order valence-corrected chi connectivity index (χ0v) is 16.1.